The van der Waals surface area contributed by atoms with Crippen LogP contribution in [0.3, 0.4) is 0 Å². The summed E-state index contributed by atoms with van der Waals surface area (Å²) in [5, 5.41) is 2.74. The predicted molar refractivity (Wildman–Crippen MR) is 101 cm³/mol. The number of carbonyl (C=O) groups excluding carboxylic acids is 1. The number of halogens is 1. The van der Waals surface area contributed by atoms with Gasteiger partial charge in [-0.15, -0.1) is 0 Å². The zero-order valence-corrected chi connectivity index (χ0v) is 14.8. The van der Waals surface area contributed by atoms with Crippen LogP contribution < -0.4 is 10.1 Å². The number of nitrogens with zero attached hydrogens (tertiary/aromatic N) is 2. The molecule has 0 saturated carbocycles. The number of ether oxygens (including phenoxy) is 1. The molecule has 0 unspecified atom stereocenters. The molecule has 4 rings (SSSR count). The molecule has 0 saturated heterocycles. The molecule has 28 heavy (non-hydrogen) atoms. The fourth-order valence-corrected chi connectivity index (χ4v) is 2.63. The van der Waals surface area contributed by atoms with Gasteiger partial charge in [0, 0.05) is 24.4 Å². The number of rotatable bonds is 6. The number of carbonyl (C=O) groups is 1. The highest BCUT2D eigenvalue weighted by Crippen LogP contribution is 2.23. The summed E-state index contributed by atoms with van der Waals surface area (Å²) in [6.45, 7) is 0.0766. The number of pyridine rings is 1. The first-order chi connectivity index (χ1) is 13.7. The van der Waals surface area contributed by atoms with Crippen molar-refractivity contribution in [3.8, 4) is 17.2 Å². The molecule has 4 aromatic rings. The Labute approximate surface area is 160 Å². The van der Waals surface area contributed by atoms with E-state index in [1.807, 2.05) is 24.3 Å². The summed E-state index contributed by atoms with van der Waals surface area (Å²) >= 11 is 0. The highest BCUT2D eigenvalue weighted by molar-refractivity contribution is 5.77. The van der Waals surface area contributed by atoms with Crippen LogP contribution in [0.15, 0.2) is 71.4 Å². The highest BCUT2D eigenvalue weighted by atomic mass is 19.1. The lowest BCUT2D eigenvalue weighted by atomic mass is 10.1. The van der Waals surface area contributed by atoms with Crippen molar-refractivity contribution in [2.75, 3.05) is 6.61 Å². The lowest BCUT2D eigenvalue weighted by Gasteiger charge is -2.08. The molecule has 1 N–H and O–H groups in total. The van der Waals surface area contributed by atoms with E-state index in [1.165, 1.54) is 12.1 Å². The second-order valence-electron chi connectivity index (χ2n) is 6.06. The predicted octanol–water partition coefficient (Wildman–Crippen LogP) is 3.72. The van der Waals surface area contributed by atoms with Gasteiger partial charge in [0.1, 0.15) is 5.52 Å². The molecule has 6 nitrogen and oxygen atoms in total. The van der Waals surface area contributed by atoms with E-state index in [0.717, 1.165) is 11.1 Å². The number of hydrogen-bond acceptors (Lipinski definition) is 5. The Hall–Kier alpha value is -3.74. The first-order valence-corrected chi connectivity index (χ1v) is 8.63. The van der Waals surface area contributed by atoms with Gasteiger partial charge in [-0.3, -0.25) is 9.78 Å². The average Bonchev–Trinajstić information content (AvgIpc) is 3.16. The third-order valence-corrected chi connectivity index (χ3v) is 4.08. The molecular formula is C21H16FN3O3. The van der Waals surface area contributed by atoms with Crippen molar-refractivity contribution < 1.29 is 18.3 Å². The molecule has 0 aliphatic heterocycles. The Balaban J connectivity index is 1.33. The molecule has 0 fully saturated rings. The molecule has 0 aliphatic carbocycles. The van der Waals surface area contributed by atoms with Gasteiger partial charge in [-0.05, 0) is 29.8 Å². The smallest absolute Gasteiger partial charge is 0.258 e. The number of oxazole rings is 1. The second-order valence-corrected chi connectivity index (χ2v) is 6.06. The van der Waals surface area contributed by atoms with Gasteiger partial charge in [-0.1, -0.05) is 24.3 Å². The lowest BCUT2D eigenvalue weighted by molar-refractivity contribution is -0.123. The van der Waals surface area contributed by atoms with Crippen molar-refractivity contribution in [1.29, 1.82) is 0 Å². The van der Waals surface area contributed by atoms with Gasteiger partial charge in [-0.2, -0.15) is 0 Å². The van der Waals surface area contributed by atoms with E-state index in [2.05, 4.69) is 15.3 Å². The molecule has 0 atom stereocenters. The van der Waals surface area contributed by atoms with Gasteiger partial charge in [-0.25, -0.2) is 9.37 Å². The van der Waals surface area contributed by atoms with E-state index in [9.17, 15) is 9.18 Å². The number of para-hydroxylation sites is 1. The zero-order chi connectivity index (χ0) is 19.3. The van der Waals surface area contributed by atoms with Crippen molar-refractivity contribution >= 4 is 17.0 Å². The van der Waals surface area contributed by atoms with Crippen LogP contribution in [0.2, 0.25) is 0 Å². The quantitative estimate of drug-likeness (QED) is 0.554. The summed E-state index contributed by atoms with van der Waals surface area (Å²) in [5.41, 5.74) is 3.11. The molecule has 2 aromatic carbocycles. The van der Waals surface area contributed by atoms with Crippen molar-refractivity contribution in [3.05, 3.63) is 78.4 Å². The minimum atomic E-state index is -0.499. The number of fused-ring (bicyclic) bond motifs is 1. The van der Waals surface area contributed by atoms with E-state index in [-0.39, 0.29) is 18.3 Å². The number of benzene rings is 2. The molecule has 0 spiro atoms. The molecule has 7 heteroatoms. The maximum absolute atomic E-state index is 13.5. The molecule has 0 radical (unpaired) electrons. The van der Waals surface area contributed by atoms with Gasteiger partial charge < -0.3 is 14.5 Å². The van der Waals surface area contributed by atoms with E-state index in [1.54, 1.807) is 30.6 Å². The summed E-state index contributed by atoms with van der Waals surface area (Å²) in [6.07, 6.45) is 3.30. The monoisotopic (exact) mass is 377 g/mol. The fraction of sp³-hybridized carbons (Fsp3) is 0.0952. The van der Waals surface area contributed by atoms with Gasteiger partial charge in [0.05, 0.1) is 6.20 Å². The Bertz CT molecular complexity index is 1080. The van der Waals surface area contributed by atoms with Crippen LogP contribution in [0, 0.1) is 5.82 Å². The van der Waals surface area contributed by atoms with Crippen molar-refractivity contribution in [3.63, 3.8) is 0 Å². The largest absolute Gasteiger partial charge is 0.481 e. The van der Waals surface area contributed by atoms with Crippen molar-refractivity contribution in [2.24, 2.45) is 0 Å². The number of hydrogen-bond donors (Lipinski definition) is 1. The Morgan fingerprint density at radius 1 is 1.11 bits per heavy atom. The normalized spacial score (nSPS) is 10.8. The minimum Gasteiger partial charge on any atom is -0.481 e. The Morgan fingerprint density at radius 3 is 2.71 bits per heavy atom. The maximum atomic E-state index is 13.5. The first-order valence-electron chi connectivity index (χ1n) is 8.63. The topological polar surface area (TPSA) is 77.2 Å². The minimum absolute atomic E-state index is 0.0514. The number of aromatic nitrogens is 2. The summed E-state index contributed by atoms with van der Waals surface area (Å²) < 4.78 is 24.4. The van der Waals surface area contributed by atoms with Crippen LogP contribution >= 0.6 is 0 Å². The summed E-state index contributed by atoms with van der Waals surface area (Å²) in [7, 11) is 0. The van der Waals surface area contributed by atoms with Crippen molar-refractivity contribution in [1.82, 2.24) is 15.3 Å². The zero-order valence-electron chi connectivity index (χ0n) is 14.8. The second kappa shape index (κ2) is 7.87. The number of amides is 1. The van der Waals surface area contributed by atoms with Gasteiger partial charge in [0.2, 0.25) is 5.89 Å². The first kappa shape index (κ1) is 17.7. The van der Waals surface area contributed by atoms with Crippen LogP contribution in [0.1, 0.15) is 5.56 Å². The standard InChI is InChI=1S/C21H16FN3O3/c22-16-3-1-2-4-18(16)27-13-20(26)24-11-14-5-7-15(8-6-14)21-25-17-12-23-10-9-19(17)28-21/h1-10,12H,11,13H2,(H,24,26). The van der Waals surface area contributed by atoms with Crippen molar-refractivity contribution in [2.45, 2.75) is 6.54 Å². The molecule has 0 bridgehead atoms. The summed E-state index contributed by atoms with van der Waals surface area (Å²) in [5.74, 6) is -0.271. The third-order valence-electron chi connectivity index (χ3n) is 4.08. The van der Waals surface area contributed by atoms with E-state index in [0.29, 0.717) is 23.5 Å². The third kappa shape index (κ3) is 3.98. The fourth-order valence-electron chi connectivity index (χ4n) is 2.63. The van der Waals surface area contributed by atoms with Gasteiger partial charge >= 0.3 is 0 Å². The maximum Gasteiger partial charge on any atom is 0.258 e. The highest BCUT2D eigenvalue weighted by Gasteiger charge is 2.09. The van der Waals surface area contributed by atoms with Gasteiger partial charge in [0.25, 0.3) is 5.91 Å². The van der Waals surface area contributed by atoms with Crippen LogP contribution in [-0.2, 0) is 11.3 Å². The Kier molecular flexibility index (Phi) is 4.97. The number of nitrogens with one attached hydrogen (secondary N) is 1. The SMILES string of the molecule is O=C(COc1ccccc1F)NCc1ccc(-c2nc3cnccc3o2)cc1. The molecule has 2 aromatic heterocycles. The van der Waals surface area contributed by atoms with E-state index < -0.39 is 5.82 Å². The van der Waals surface area contributed by atoms with Gasteiger partial charge in [0.15, 0.2) is 23.8 Å². The molecule has 1 amide bonds. The van der Waals surface area contributed by atoms with Crippen LogP contribution in [0.5, 0.6) is 5.75 Å². The van der Waals surface area contributed by atoms with Crippen LogP contribution in [0.4, 0.5) is 4.39 Å². The average molecular weight is 377 g/mol. The van der Waals surface area contributed by atoms with E-state index >= 15 is 0 Å². The Morgan fingerprint density at radius 2 is 1.93 bits per heavy atom. The molecule has 140 valence electrons. The molecule has 0 aliphatic rings. The summed E-state index contributed by atoms with van der Waals surface area (Å²) in [6, 6.07) is 15.2. The van der Waals surface area contributed by atoms with Crippen LogP contribution in [-0.4, -0.2) is 22.5 Å². The summed E-state index contributed by atoms with van der Waals surface area (Å²) in [4.78, 5) is 20.3. The van der Waals surface area contributed by atoms with Crippen LogP contribution in [0.25, 0.3) is 22.6 Å². The lowest BCUT2D eigenvalue weighted by Crippen LogP contribution is -2.28. The van der Waals surface area contributed by atoms with E-state index in [4.69, 9.17) is 9.15 Å². The molecule has 2 heterocycles. The molecular weight excluding hydrogens is 361 g/mol.